The van der Waals surface area contributed by atoms with E-state index in [0.29, 0.717) is 33.0 Å². The summed E-state index contributed by atoms with van der Waals surface area (Å²) in [5.41, 5.74) is 1.46. The highest BCUT2D eigenvalue weighted by atomic mass is 16.5. The van der Waals surface area contributed by atoms with Crippen LogP contribution < -0.4 is 4.74 Å². The molecule has 1 aromatic carbocycles. The number of aliphatic hydroxyl groups is 1. The molecule has 1 aliphatic carbocycles. The summed E-state index contributed by atoms with van der Waals surface area (Å²) in [5, 5.41) is 8.60. The van der Waals surface area contributed by atoms with E-state index in [1.807, 2.05) is 0 Å². The third kappa shape index (κ3) is 9.09. The number of benzene rings is 1. The van der Waals surface area contributed by atoms with Crippen LogP contribution >= 0.6 is 0 Å². The first kappa shape index (κ1) is 22.2. The fourth-order valence-corrected chi connectivity index (χ4v) is 3.91. The van der Waals surface area contributed by atoms with Crippen LogP contribution in [-0.2, 0) is 9.47 Å². The molecule has 154 valence electrons. The molecule has 0 unspecified atom stereocenters. The third-order valence-electron chi connectivity index (χ3n) is 5.52. The zero-order chi connectivity index (χ0) is 19.2. The van der Waals surface area contributed by atoms with Gasteiger partial charge in [0.2, 0.25) is 0 Å². The maximum Gasteiger partial charge on any atom is 0.119 e. The van der Waals surface area contributed by atoms with Gasteiger partial charge in [-0.05, 0) is 55.2 Å². The van der Waals surface area contributed by atoms with Gasteiger partial charge in [-0.1, -0.05) is 44.7 Å². The molecular formula is C23H38O4. The first-order valence-corrected chi connectivity index (χ1v) is 10.8. The van der Waals surface area contributed by atoms with Crippen molar-refractivity contribution in [1.82, 2.24) is 0 Å². The molecule has 1 aliphatic rings. The van der Waals surface area contributed by atoms with E-state index in [1.54, 1.807) is 0 Å². The van der Waals surface area contributed by atoms with E-state index in [1.165, 1.54) is 56.9 Å². The van der Waals surface area contributed by atoms with Crippen LogP contribution in [0.4, 0.5) is 0 Å². The summed E-state index contributed by atoms with van der Waals surface area (Å²) in [6.45, 7) is 4.84. The maximum absolute atomic E-state index is 8.60. The number of rotatable bonds is 14. The number of ether oxygens (including phenoxy) is 3. The molecule has 1 saturated carbocycles. The Morgan fingerprint density at radius 3 is 2.19 bits per heavy atom. The minimum absolute atomic E-state index is 0.0551. The van der Waals surface area contributed by atoms with Crippen LogP contribution in [-0.4, -0.2) is 44.7 Å². The predicted octanol–water partition coefficient (Wildman–Crippen LogP) is 4.95. The monoisotopic (exact) mass is 378 g/mol. The fraction of sp³-hybridized carbons (Fsp3) is 0.739. The van der Waals surface area contributed by atoms with Crippen molar-refractivity contribution >= 4 is 0 Å². The van der Waals surface area contributed by atoms with Crippen molar-refractivity contribution in [3.05, 3.63) is 29.8 Å². The standard InChI is InChI=1S/C23H38O4/c1-2-3-4-5-20-6-8-21(9-7-20)22-10-12-23(13-11-22)27-19-18-26-17-16-25-15-14-24/h10-13,20-21,24H,2-9,14-19H2,1H3. The maximum atomic E-state index is 8.60. The van der Waals surface area contributed by atoms with Gasteiger partial charge in [0.25, 0.3) is 0 Å². The number of hydrogen-bond acceptors (Lipinski definition) is 4. The van der Waals surface area contributed by atoms with Gasteiger partial charge in [-0.3, -0.25) is 0 Å². The van der Waals surface area contributed by atoms with E-state index >= 15 is 0 Å². The summed E-state index contributed by atoms with van der Waals surface area (Å²) in [6, 6.07) is 8.65. The van der Waals surface area contributed by atoms with Gasteiger partial charge in [0.1, 0.15) is 12.4 Å². The topological polar surface area (TPSA) is 47.9 Å². The molecular weight excluding hydrogens is 340 g/mol. The van der Waals surface area contributed by atoms with Crippen LogP contribution in [0.3, 0.4) is 0 Å². The Bertz CT molecular complexity index is 466. The minimum atomic E-state index is 0.0551. The van der Waals surface area contributed by atoms with E-state index in [9.17, 15) is 0 Å². The highest BCUT2D eigenvalue weighted by Gasteiger charge is 2.21. The van der Waals surface area contributed by atoms with Crippen LogP contribution in [0.5, 0.6) is 5.75 Å². The van der Waals surface area contributed by atoms with Crippen molar-refractivity contribution in [3.8, 4) is 5.75 Å². The summed E-state index contributed by atoms with van der Waals surface area (Å²) in [6.07, 6.45) is 11.0. The average Bonchev–Trinajstić information content (AvgIpc) is 2.71. The lowest BCUT2D eigenvalue weighted by Crippen LogP contribution is -2.13. The van der Waals surface area contributed by atoms with E-state index in [2.05, 4.69) is 31.2 Å². The fourth-order valence-electron chi connectivity index (χ4n) is 3.91. The summed E-state index contributed by atoms with van der Waals surface area (Å²) >= 11 is 0. The van der Waals surface area contributed by atoms with Gasteiger partial charge in [0, 0.05) is 0 Å². The SMILES string of the molecule is CCCCCC1CCC(c2ccc(OCCOCCOCCO)cc2)CC1. The van der Waals surface area contributed by atoms with Gasteiger partial charge >= 0.3 is 0 Å². The molecule has 0 radical (unpaired) electrons. The third-order valence-corrected chi connectivity index (χ3v) is 5.52. The van der Waals surface area contributed by atoms with E-state index in [-0.39, 0.29) is 6.61 Å². The Hall–Kier alpha value is -1.10. The molecule has 0 spiro atoms. The van der Waals surface area contributed by atoms with Crippen LogP contribution in [0.15, 0.2) is 24.3 Å². The van der Waals surface area contributed by atoms with Crippen LogP contribution in [0, 0.1) is 5.92 Å². The first-order chi connectivity index (χ1) is 13.3. The molecule has 4 nitrogen and oxygen atoms in total. The molecule has 4 heteroatoms. The van der Waals surface area contributed by atoms with Gasteiger partial charge in [-0.15, -0.1) is 0 Å². The minimum Gasteiger partial charge on any atom is -0.491 e. The first-order valence-electron chi connectivity index (χ1n) is 10.8. The average molecular weight is 379 g/mol. The Morgan fingerprint density at radius 2 is 1.52 bits per heavy atom. The van der Waals surface area contributed by atoms with Gasteiger partial charge in [-0.2, -0.15) is 0 Å². The molecule has 27 heavy (non-hydrogen) atoms. The molecule has 1 fully saturated rings. The van der Waals surface area contributed by atoms with Crippen molar-refractivity contribution in [2.75, 3.05) is 39.6 Å². The molecule has 0 amide bonds. The lowest BCUT2D eigenvalue weighted by molar-refractivity contribution is 0.0247. The molecule has 0 aromatic heterocycles. The second-order valence-electron chi connectivity index (χ2n) is 7.58. The molecule has 0 bridgehead atoms. The number of unbranched alkanes of at least 4 members (excludes halogenated alkanes) is 2. The van der Waals surface area contributed by atoms with E-state index in [0.717, 1.165) is 17.6 Å². The lowest BCUT2D eigenvalue weighted by Gasteiger charge is -2.29. The normalized spacial score (nSPS) is 19.9. The van der Waals surface area contributed by atoms with Gasteiger partial charge in [0.05, 0.1) is 33.0 Å². The molecule has 2 rings (SSSR count). The summed E-state index contributed by atoms with van der Waals surface area (Å²) < 4.78 is 16.3. The summed E-state index contributed by atoms with van der Waals surface area (Å²) in [7, 11) is 0. The summed E-state index contributed by atoms with van der Waals surface area (Å²) in [5.74, 6) is 2.60. The smallest absolute Gasteiger partial charge is 0.119 e. The Kier molecular flexibility index (Phi) is 11.5. The Balaban J connectivity index is 1.58. The molecule has 0 aliphatic heterocycles. The Labute approximate surface area is 165 Å². The van der Waals surface area contributed by atoms with Crippen LogP contribution in [0.25, 0.3) is 0 Å². The molecule has 1 N–H and O–H groups in total. The molecule has 0 atom stereocenters. The number of aliphatic hydroxyl groups excluding tert-OH is 1. The van der Waals surface area contributed by atoms with Crippen molar-refractivity contribution < 1.29 is 19.3 Å². The molecule has 0 heterocycles. The summed E-state index contributed by atoms with van der Waals surface area (Å²) in [4.78, 5) is 0. The van der Waals surface area contributed by atoms with E-state index in [4.69, 9.17) is 19.3 Å². The van der Waals surface area contributed by atoms with Gasteiger partial charge < -0.3 is 19.3 Å². The van der Waals surface area contributed by atoms with Crippen molar-refractivity contribution in [1.29, 1.82) is 0 Å². The van der Waals surface area contributed by atoms with Gasteiger partial charge in [0.15, 0.2) is 0 Å². The molecule has 0 saturated heterocycles. The van der Waals surface area contributed by atoms with Crippen LogP contribution in [0.1, 0.15) is 69.8 Å². The lowest BCUT2D eigenvalue weighted by atomic mass is 9.77. The predicted molar refractivity (Wildman–Crippen MR) is 110 cm³/mol. The number of hydrogen-bond donors (Lipinski definition) is 1. The highest BCUT2D eigenvalue weighted by molar-refractivity contribution is 5.29. The quantitative estimate of drug-likeness (QED) is 0.466. The van der Waals surface area contributed by atoms with Crippen molar-refractivity contribution in [2.45, 2.75) is 64.2 Å². The zero-order valence-corrected chi connectivity index (χ0v) is 17.0. The largest absolute Gasteiger partial charge is 0.491 e. The second kappa shape index (κ2) is 14.0. The van der Waals surface area contributed by atoms with E-state index < -0.39 is 0 Å². The Morgan fingerprint density at radius 1 is 0.852 bits per heavy atom. The highest BCUT2D eigenvalue weighted by Crippen LogP contribution is 2.38. The van der Waals surface area contributed by atoms with Crippen LogP contribution in [0.2, 0.25) is 0 Å². The molecule has 1 aromatic rings. The zero-order valence-electron chi connectivity index (χ0n) is 17.0. The van der Waals surface area contributed by atoms with Crippen molar-refractivity contribution in [3.63, 3.8) is 0 Å². The van der Waals surface area contributed by atoms with Gasteiger partial charge in [-0.25, -0.2) is 0 Å². The second-order valence-corrected chi connectivity index (χ2v) is 7.58. The van der Waals surface area contributed by atoms with Crippen molar-refractivity contribution in [2.24, 2.45) is 5.92 Å².